The molecule has 5 nitrogen and oxygen atoms in total. The molecule has 0 aliphatic carbocycles. The van der Waals surface area contributed by atoms with Crippen LogP contribution in [0.2, 0.25) is 0 Å². The average molecular weight is 230 g/mol. The van der Waals surface area contributed by atoms with Crippen molar-refractivity contribution in [2.24, 2.45) is 5.92 Å². The van der Waals surface area contributed by atoms with Gasteiger partial charge in [-0.2, -0.15) is 0 Å². The molecule has 1 fully saturated rings. The van der Waals surface area contributed by atoms with Gasteiger partial charge in [0, 0.05) is 26.7 Å². The van der Waals surface area contributed by atoms with Gasteiger partial charge >= 0.3 is 6.03 Å². The minimum absolute atomic E-state index is 0.0222. The van der Waals surface area contributed by atoms with Crippen LogP contribution in [0.15, 0.2) is 0 Å². The fourth-order valence-corrected chi connectivity index (χ4v) is 1.66. The van der Waals surface area contributed by atoms with Gasteiger partial charge in [-0.1, -0.05) is 13.8 Å². The number of methoxy groups -OCH3 is 1. The Balaban J connectivity index is 2.27. The predicted molar refractivity (Wildman–Crippen MR) is 61.4 cm³/mol. The summed E-state index contributed by atoms with van der Waals surface area (Å²) in [6, 6.07) is -0.0222. The van der Waals surface area contributed by atoms with Crippen molar-refractivity contribution in [3.8, 4) is 0 Å². The number of hydrogen-bond donors (Lipinski definition) is 1. The van der Waals surface area contributed by atoms with Gasteiger partial charge < -0.3 is 19.7 Å². The van der Waals surface area contributed by atoms with Crippen molar-refractivity contribution in [1.82, 2.24) is 10.2 Å². The summed E-state index contributed by atoms with van der Waals surface area (Å²) in [5, 5.41) is 2.89. The molecule has 2 amide bonds. The number of nitrogens with zero attached hydrogens (tertiary/aromatic N) is 1. The number of nitrogens with one attached hydrogen (secondary N) is 1. The molecular weight excluding hydrogens is 208 g/mol. The molecule has 1 aliphatic heterocycles. The van der Waals surface area contributed by atoms with Crippen LogP contribution in [0, 0.1) is 5.92 Å². The second-order valence-electron chi connectivity index (χ2n) is 4.30. The third-order valence-corrected chi connectivity index (χ3v) is 2.80. The Morgan fingerprint density at radius 2 is 2.06 bits per heavy atom. The largest absolute Gasteiger partial charge is 0.379 e. The van der Waals surface area contributed by atoms with E-state index in [0.29, 0.717) is 38.8 Å². The van der Waals surface area contributed by atoms with Gasteiger partial charge in [0.1, 0.15) is 0 Å². The summed E-state index contributed by atoms with van der Waals surface area (Å²) in [6.07, 6.45) is 0.0741. The van der Waals surface area contributed by atoms with Crippen LogP contribution in [-0.2, 0) is 9.47 Å². The van der Waals surface area contributed by atoms with E-state index in [0.717, 1.165) is 0 Å². The van der Waals surface area contributed by atoms with Crippen LogP contribution >= 0.6 is 0 Å². The normalized spacial score (nSPS) is 18.6. The van der Waals surface area contributed by atoms with E-state index in [1.807, 2.05) is 0 Å². The molecule has 0 unspecified atom stereocenters. The number of morpholine rings is 1. The molecule has 0 aromatic heterocycles. The van der Waals surface area contributed by atoms with Gasteiger partial charge in [-0.05, 0) is 5.92 Å². The number of urea groups is 1. The van der Waals surface area contributed by atoms with Gasteiger partial charge in [0.15, 0.2) is 0 Å². The Morgan fingerprint density at radius 1 is 1.44 bits per heavy atom. The first-order valence-electron chi connectivity index (χ1n) is 5.78. The molecule has 94 valence electrons. The monoisotopic (exact) mass is 230 g/mol. The number of amides is 2. The SMILES string of the molecule is CO[C@@H](CNC(=O)N1CCOCC1)C(C)C. The van der Waals surface area contributed by atoms with E-state index in [2.05, 4.69) is 19.2 Å². The zero-order valence-corrected chi connectivity index (χ0v) is 10.4. The highest BCUT2D eigenvalue weighted by atomic mass is 16.5. The van der Waals surface area contributed by atoms with Crippen molar-refractivity contribution in [2.75, 3.05) is 40.0 Å². The summed E-state index contributed by atoms with van der Waals surface area (Å²) >= 11 is 0. The number of carbonyl (C=O) groups is 1. The van der Waals surface area contributed by atoms with Crippen molar-refractivity contribution < 1.29 is 14.3 Å². The number of ether oxygens (including phenoxy) is 2. The van der Waals surface area contributed by atoms with Crippen LogP contribution in [0.5, 0.6) is 0 Å². The predicted octanol–water partition coefficient (Wildman–Crippen LogP) is 0.699. The first-order chi connectivity index (χ1) is 7.65. The van der Waals surface area contributed by atoms with E-state index < -0.39 is 0 Å². The lowest BCUT2D eigenvalue weighted by Crippen LogP contribution is -2.48. The zero-order chi connectivity index (χ0) is 12.0. The maximum atomic E-state index is 11.7. The smallest absolute Gasteiger partial charge is 0.317 e. The molecule has 1 rings (SSSR count). The minimum Gasteiger partial charge on any atom is -0.379 e. The van der Waals surface area contributed by atoms with Crippen molar-refractivity contribution in [1.29, 1.82) is 0 Å². The quantitative estimate of drug-likeness (QED) is 0.773. The lowest BCUT2D eigenvalue weighted by molar-refractivity contribution is 0.0465. The Labute approximate surface area is 97.1 Å². The molecule has 1 atom stereocenters. The average Bonchev–Trinajstić information content (AvgIpc) is 2.30. The van der Waals surface area contributed by atoms with Crippen LogP contribution in [0.3, 0.4) is 0 Å². The molecule has 0 bridgehead atoms. The van der Waals surface area contributed by atoms with E-state index in [1.165, 1.54) is 0 Å². The van der Waals surface area contributed by atoms with Gasteiger partial charge in [-0.15, -0.1) is 0 Å². The van der Waals surface area contributed by atoms with Gasteiger partial charge in [-0.25, -0.2) is 4.79 Å². The molecule has 1 heterocycles. The summed E-state index contributed by atoms with van der Waals surface area (Å²) in [5.41, 5.74) is 0. The van der Waals surface area contributed by atoms with Crippen molar-refractivity contribution in [3.63, 3.8) is 0 Å². The highest BCUT2D eigenvalue weighted by molar-refractivity contribution is 5.74. The molecule has 0 aromatic rings. The molecule has 1 saturated heterocycles. The molecular formula is C11H22N2O3. The van der Waals surface area contributed by atoms with Crippen LogP contribution < -0.4 is 5.32 Å². The topological polar surface area (TPSA) is 50.8 Å². The van der Waals surface area contributed by atoms with Gasteiger partial charge in [0.2, 0.25) is 0 Å². The first kappa shape index (κ1) is 13.3. The second kappa shape index (κ2) is 6.70. The molecule has 5 heteroatoms. The van der Waals surface area contributed by atoms with Gasteiger partial charge in [-0.3, -0.25) is 0 Å². The second-order valence-corrected chi connectivity index (χ2v) is 4.30. The van der Waals surface area contributed by atoms with Crippen molar-refractivity contribution in [3.05, 3.63) is 0 Å². The summed E-state index contributed by atoms with van der Waals surface area (Å²) in [5.74, 6) is 0.398. The van der Waals surface area contributed by atoms with Crippen LogP contribution in [0.4, 0.5) is 4.79 Å². The summed E-state index contributed by atoms with van der Waals surface area (Å²) < 4.78 is 10.5. The van der Waals surface area contributed by atoms with Crippen LogP contribution in [0.25, 0.3) is 0 Å². The van der Waals surface area contributed by atoms with E-state index >= 15 is 0 Å². The molecule has 0 saturated carbocycles. The minimum atomic E-state index is -0.0222. The lowest BCUT2D eigenvalue weighted by atomic mass is 10.1. The summed E-state index contributed by atoms with van der Waals surface area (Å²) in [4.78, 5) is 13.5. The van der Waals surface area contributed by atoms with Crippen molar-refractivity contribution >= 4 is 6.03 Å². The summed E-state index contributed by atoms with van der Waals surface area (Å²) in [7, 11) is 1.67. The number of carbonyl (C=O) groups excluding carboxylic acids is 1. The van der Waals surface area contributed by atoms with E-state index in [9.17, 15) is 4.79 Å². The summed E-state index contributed by atoms with van der Waals surface area (Å²) in [6.45, 7) is 7.32. The Hall–Kier alpha value is -0.810. The molecule has 0 spiro atoms. The molecule has 0 aromatic carbocycles. The Bertz CT molecular complexity index is 215. The Kier molecular flexibility index (Phi) is 5.55. The van der Waals surface area contributed by atoms with Crippen molar-refractivity contribution in [2.45, 2.75) is 20.0 Å². The van der Waals surface area contributed by atoms with Crippen LogP contribution in [0.1, 0.15) is 13.8 Å². The first-order valence-corrected chi connectivity index (χ1v) is 5.78. The third kappa shape index (κ3) is 3.98. The molecule has 0 radical (unpaired) electrons. The highest BCUT2D eigenvalue weighted by Gasteiger charge is 2.18. The Morgan fingerprint density at radius 3 is 2.56 bits per heavy atom. The fraction of sp³-hybridized carbons (Fsp3) is 0.909. The highest BCUT2D eigenvalue weighted by Crippen LogP contribution is 2.04. The van der Waals surface area contributed by atoms with E-state index in [1.54, 1.807) is 12.0 Å². The van der Waals surface area contributed by atoms with Crippen LogP contribution in [-0.4, -0.2) is 57.0 Å². The number of rotatable bonds is 4. The van der Waals surface area contributed by atoms with E-state index in [4.69, 9.17) is 9.47 Å². The maximum Gasteiger partial charge on any atom is 0.317 e. The molecule has 1 aliphatic rings. The van der Waals surface area contributed by atoms with E-state index in [-0.39, 0.29) is 12.1 Å². The molecule has 1 N–H and O–H groups in total. The zero-order valence-electron chi connectivity index (χ0n) is 10.4. The van der Waals surface area contributed by atoms with Gasteiger partial charge in [0.25, 0.3) is 0 Å². The molecule has 16 heavy (non-hydrogen) atoms. The fourth-order valence-electron chi connectivity index (χ4n) is 1.66. The van der Waals surface area contributed by atoms with Gasteiger partial charge in [0.05, 0.1) is 19.3 Å². The standard InChI is InChI=1S/C11H22N2O3/c1-9(2)10(15-3)8-12-11(14)13-4-6-16-7-5-13/h9-10H,4-8H2,1-3H3,(H,12,14)/t10-/m0/s1. The number of hydrogen-bond acceptors (Lipinski definition) is 3. The lowest BCUT2D eigenvalue weighted by Gasteiger charge is -2.28. The third-order valence-electron chi connectivity index (χ3n) is 2.80. The maximum absolute atomic E-state index is 11.7.